The number of alkyl halides is 1. The number of nitrogens with zero attached hydrogens (tertiary/aromatic N) is 1. The second-order valence-corrected chi connectivity index (χ2v) is 4.90. The van der Waals surface area contributed by atoms with Crippen molar-refractivity contribution < 1.29 is 9.13 Å². The monoisotopic (exact) mass is 273 g/mol. The predicted octanol–water partition coefficient (Wildman–Crippen LogP) is 4.90. The van der Waals surface area contributed by atoms with Gasteiger partial charge in [0.2, 0.25) is 5.88 Å². The second-order valence-electron chi connectivity index (χ2n) is 4.90. The molecule has 0 amide bonds. The van der Waals surface area contributed by atoms with Crippen LogP contribution < -0.4 is 4.74 Å². The fourth-order valence-corrected chi connectivity index (χ4v) is 2.25. The first-order chi connectivity index (χ1) is 9.74. The molecule has 1 aromatic carbocycles. The number of halogens is 1. The maximum Gasteiger partial charge on any atom is 0.219 e. The molecule has 0 saturated heterocycles. The molecule has 0 aliphatic carbocycles. The van der Waals surface area contributed by atoms with Gasteiger partial charge in [-0.25, -0.2) is 4.98 Å². The number of pyridine rings is 1. The van der Waals surface area contributed by atoms with Crippen LogP contribution in [0.2, 0.25) is 0 Å². The summed E-state index contributed by atoms with van der Waals surface area (Å²) in [4.78, 5) is 4.49. The summed E-state index contributed by atoms with van der Waals surface area (Å²) in [6.45, 7) is 3.59. The van der Waals surface area contributed by atoms with Crippen molar-refractivity contribution in [2.75, 3.05) is 6.67 Å². The molecule has 20 heavy (non-hydrogen) atoms. The Morgan fingerprint density at radius 3 is 2.30 bits per heavy atom. The Hall–Kier alpha value is -1.90. The highest BCUT2D eigenvalue weighted by atomic mass is 19.1. The number of ether oxygens (including phenoxy) is 1. The zero-order valence-electron chi connectivity index (χ0n) is 12.0. The molecule has 0 aliphatic heterocycles. The van der Waals surface area contributed by atoms with E-state index in [1.807, 2.05) is 56.3 Å². The minimum atomic E-state index is -0.504. The zero-order chi connectivity index (χ0) is 14.4. The van der Waals surface area contributed by atoms with Gasteiger partial charge in [-0.3, -0.25) is 4.39 Å². The molecule has 0 radical (unpaired) electrons. The minimum Gasteiger partial charge on any atom is -0.439 e. The summed E-state index contributed by atoms with van der Waals surface area (Å²) in [6.07, 6.45) is 1.45. The third-order valence-corrected chi connectivity index (χ3v) is 3.84. The molecule has 106 valence electrons. The van der Waals surface area contributed by atoms with E-state index in [1.54, 1.807) is 6.07 Å². The Morgan fingerprint density at radius 1 is 1.00 bits per heavy atom. The normalized spacial score (nSPS) is 11.3. The lowest BCUT2D eigenvalue weighted by Gasteiger charge is -2.27. The molecule has 3 heteroatoms. The molecule has 2 rings (SSSR count). The Balaban J connectivity index is 2.28. The van der Waals surface area contributed by atoms with Crippen molar-refractivity contribution in [2.45, 2.75) is 32.1 Å². The highest BCUT2D eigenvalue weighted by Crippen LogP contribution is 2.32. The summed E-state index contributed by atoms with van der Waals surface area (Å²) in [5, 5.41) is 0. The summed E-state index contributed by atoms with van der Waals surface area (Å²) < 4.78 is 19.2. The largest absolute Gasteiger partial charge is 0.439 e. The topological polar surface area (TPSA) is 22.1 Å². The summed E-state index contributed by atoms with van der Waals surface area (Å²) >= 11 is 0. The number of aromatic nitrogens is 1. The highest BCUT2D eigenvalue weighted by Gasteiger charge is 2.30. The molecule has 0 bridgehead atoms. The molecule has 0 aliphatic rings. The molecule has 1 heterocycles. The van der Waals surface area contributed by atoms with E-state index >= 15 is 0 Å². The molecular weight excluding hydrogens is 253 g/mol. The van der Waals surface area contributed by atoms with Crippen LogP contribution in [-0.4, -0.2) is 11.7 Å². The van der Waals surface area contributed by atoms with Crippen LogP contribution in [0.25, 0.3) is 0 Å². The van der Waals surface area contributed by atoms with E-state index in [4.69, 9.17) is 4.74 Å². The average Bonchev–Trinajstić information content (AvgIpc) is 2.51. The van der Waals surface area contributed by atoms with E-state index < -0.39 is 12.1 Å². The van der Waals surface area contributed by atoms with Crippen molar-refractivity contribution in [3.8, 4) is 11.6 Å². The number of hydrogen-bond donors (Lipinski definition) is 0. The van der Waals surface area contributed by atoms with Crippen LogP contribution in [0.1, 0.15) is 32.4 Å². The molecular formula is C17H20FNO. The average molecular weight is 273 g/mol. The maximum absolute atomic E-state index is 13.5. The van der Waals surface area contributed by atoms with Gasteiger partial charge in [0.25, 0.3) is 0 Å². The predicted molar refractivity (Wildman–Crippen MR) is 79.0 cm³/mol. The lowest BCUT2D eigenvalue weighted by molar-refractivity contribution is 0.277. The summed E-state index contributed by atoms with van der Waals surface area (Å²) in [6, 6.07) is 15.0. The molecule has 0 N–H and O–H groups in total. The first kappa shape index (κ1) is 14.5. The van der Waals surface area contributed by atoms with Crippen LogP contribution >= 0.6 is 0 Å². The van der Waals surface area contributed by atoms with Crippen LogP contribution in [-0.2, 0) is 5.41 Å². The third kappa shape index (κ3) is 2.98. The second kappa shape index (κ2) is 6.51. The van der Waals surface area contributed by atoms with Crippen molar-refractivity contribution in [1.82, 2.24) is 4.98 Å². The number of benzene rings is 1. The molecule has 1 aromatic heterocycles. The highest BCUT2D eigenvalue weighted by molar-refractivity contribution is 5.29. The van der Waals surface area contributed by atoms with Crippen molar-refractivity contribution in [3.63, 3.8) is 0 Å². The fourth-order valence-electron chi connectivity index (χ4n) is 2.25. The fraction of sp³-hybridized carbons (Fsp3) is 0.353. The molecule has 0 saturated carbocycles. The van der Waals surface area contributed by atoms with Gasteiger partial charge in [-0.15, -0.1) is 0 Å². The van der Waals surface area contributed by atoms with Gasteiger partial charge in [-0.05, 0) is 31.0 Å². The molecule has 2 aromatic rings. The van der Waals surface area contributed by atoms with Crippen LogP contribution in [0.15, 0.2) is 48.5 Å². The number of para-hydroxylation sites is 1. The van der Waals surface area contributed by atoms with Gasteiger partial charge in [0.1, 0.15) is 12.4 Å². The Morgan fingerprint density at radius 2 is 1.70 bits per heavy atom. The summed E-state index contributed by atoms with van der Waals surface area (Å²) in [7, 11) is 0. The minimum absolute atomic E-state index is 0.401. The van der Waals surface area contributed by atoms with Crippen LogP contribution in [0, 0.1) is 0 Å². The number of hydrogen-bond acceptors (Lipinski definition) is 2. The first-order valence-electron chi connectivity index (χ1n) is 7.00. The van der Waals surface area contributed by atoms with E-state index in [1.165, 1.54) is 0 Å². The van der Waals surface area contributed by atoms with Gasteiger partial charge in [-0.2, -0.15) is 0 Å². The molecule has 0 fully saturated rings. The standard InChI is InChI=1S/C17H20FNO/c1-3-17(4-2,13-18)15-11-8-12-16(19-15)20-14-9-6-5-7-10-14/h5-12H,3-4,13H2,1-2H3. The van der Waals surface area contributed by atoms with E-state index in [9.17, 15) is 4.39 Å². The lowest BCUT2D eigenvalue weighted by Crippen LogP contribution is -2.28. The van der Waals surface area contributed by atoms with E-state index in [0.717, 1.165) is 24.3 Å². The Kier molecular flexibility index (Phi) is 4.72. The van der Waals surface area contributed by atoms with Crippen LogP contribution in [0.4, 0.5) is 4.39 Å². The van der Waals surface area contributed by atoms with Gasteiger partial charge in [-0.1, -0.05) is 38.1 Å². The van der Waals surface area contributed by atoms with E-state index in [-0.39, 0.29) is 0 Å². The van der Waals surface area contributed by atoms with Gasteiger partial charge < -0.3 is 4.74 Å². The van der Waals surface area contributed by atoms with Crippen molar-refractivity contribution in [1.29, 1.82) is 0 Å². The SMILES string of the molecule is CCC(CC)(CF)c1cccc(Oc2ccccc2)n1. The number of rotatable bonds is 6. The third-order valence-electron chi connectivity index (χ3n) is 3.84. The van der Waals surface area contributed by atoms with Crippen LogP contribution in [0.5, 0.6) is 11.6 Å². The van der Waals surface area contributed by atoms with Crippen LogP contribution in [0.3, 0.4) is 0 Å². The summed E-state index contributed by atoms with van der Waals surface area (Å²) in [5.74, 6) is 1.24. The van der Waals surface area contributed by atoms with Crippen molar-refractivity contribution in [3.05, 3.63) is 54.2 Å². The first-order valence-corrected chi connectivity index (χ1v) is 7.00. The quantitative estimate of drug-likeness (QED) is 0.746. The molecule has 0 atom stereocenters. The molecule has 2 nitrogen and oxygen atoms in total. The zero-order valence-corrected chi connectivity index (χ0v) is 12.0. The van der Waals surface area contributed by atoms with Crippen molar-refractivity contribution in [2.24, 2.45) is 0 Å². The Bertz CT molecular complexity index is 529. The smallest absolute Gasteiger partial charge is 0.219 e. The van der Waals surface area contributed by atoms with Crippen molar-refractivity contribution >= 4 is 0 Å². The Labute approximate surface area is 119 Å². The van der Waals surface area contributed by atoms with Gasteiger partial charge in [0.15, 0.2) is 0 Å². The molecule has 0 unspecified atom stereocenters. The summed E-state index contributed by atoms with van der Waals surface area (Å²) in [5.41, 5.74) is 0.259. The lowest BCUT2D eigenvalue weighted by atomic mass is 9.80. The van der Waals surface area contributed by atoms with Gasteiger partial charge in [0.05, 0.1) is 5.69 Å². The van der Waals surface area contributed by atoms with E-state index in [2.05, 4.69) is 4.98 Å². The molecule has 0 spiro atoms. The van der Waals surface area contributed by atoms with Gasteiger partial charge in [0, 0.05) is 11.5 Å². The van der Waals surface area contributed by atoms with E-state index in [0.29, 0.717) is 5.88 Å². The van der Waals surface area contributed by atoms with Gasteiger partial charge >= 0.3 is 0 Å². The maximum atomic E-state index is 13.5.